The predicted molar refractivity (Wildman–Crippen MR) is 73.2 cm³/mol. The lowest BCUT2D eigenvalue weighted by molar-refractivity contribution is -0.140. The van der Waals surface area contributed by atoms with E-state index in [1.54, 1.807) is 26.0 Å². The first-order valence-electron chi connectivity index (χ1n) is 5.97. The fourth-order valence-electron chi connectivity index (χ4n) is 1.67. The smallest absolute Gasteiger partial charge is 0.321 e. The number of hydrogen-bond donors (Lipinski definition) is 2. The van der Waals surface area contributed by atoms with Crippen LogP contribution < -0.4 is 4.72 Å². The maximum Gasteiger partial charge on any atom is 0.321 e. The number of nitrogens with zero attached hydrogens (tertiary/aromatic N) is 1. The molecule has 6 nitrogen and oxygen atoms in total. The molecular weight excluding hydrogens is 280 g/mol. The van der Waals surface area contributed by atoms with Crippen molar-refractivity contribution in [1.29, 1.82) is 5.26 Å². The molecule has 1 atom stereocenters. The van der Waals surface area contributed by atoms with Crippen LogP contribution in [-0.4, -0.2) is 25.5 Å². The fourth-order valence-corrected chi connectivity index (χ4v) is 3.17. The molecule has 0 radical (unpaired) electrons. The Morgan fingerprint density at radius 3 is 2.50 bits per heavy atom. The largest absolute Gasteiger partial charge is 0.480 e. The van der Waals surface area contributed by atoms with E-state index in [2.05, 4.69) is 4.72 Å². The number of carbonyl (C=O) groups is 1. The summed E-state index contributed by atoms with van der Waals surface area (Å²) in [5.74, 6) is -2.03. The highest BCUT2D eigenvalue weighted by molar-refractivity contribution is 7.88. The average molecular weight is 296 g/mol. The van der Waals surface area contributed by atoms with Crippen LogP contribution >= 0.6 is 0 Å². The van der Waals surface area contributed by atoms with Crippen molar-refractivity contribution < 1.29 is 18.3 Å². The lowest BCUT2D eigenvalue weighted by Gasteiger charge is -2.18. The third-order valence-corrected chi connectivity index (χ3v) is 4.03. The molecular formula is C13H16N2O4S. The molecule has 1 aromatic carbocycles. The maximum absolute atomic E-state index is 12.0. The van der Waals surface area contributed by atoms with Gasteiger partial charge >= 0.3 is 5.97 Å². The van der Waals surface area contributed by atoms with Crippen LogP contribution in [0, 0.1) is 17.2 Å². The summed E-state index contributed by atoms with van der Waals surface area (Å²) in [6.45, 7) is 3.23. The summed E-state index contributed by atoms with van der Waals surface area (Å²) >= 11 is 0. The van der Waals surface area contributed by atoms with Crippen molar-refractivity contribution >= 4 is 16.0 Å². The Morgan fingerprint density at radius 1 is 1.40 bits per heavy atom. The summed E-state index contributed by atoms with van der Waals surface area (Å²) in [5, 5.41) is 17.9. The Hall–Kier alpha value is -1.91. The zero-order chi connectivity index (χ0) is 15.3. The summed E-state index contributed by atoms with van der Waals surface area (Å²) in [5.41, 5.74) is 0.602. The number of nitriles is 1. The molecule has 0 aliphatic heterocycles. The molecule has 0 aliphatic carbocycles. The Kier molecular flexibility index (Phi) is 5.25. The zero-order valence-electron chi connectivity index (χ0n) is 11.2. The van der Waals surface area contributed by atoms with Crippen LogP contribution in [0.5, 0.6) is 0 Å². The lowest BCUT2D eigenvalue weighted by Crippen LogP contribution is -2.44. The van der Waals surface area contributed by atoms with Crippen molar-refractivity contribution in [1.82, 2.24) is 4.72 Å². The second-order valence-electron chi connectivity index (χ2n) is 4.71. The van der Waals surface area contributed by atoms with E-state index in [1.165, 1.54) is 12.1 Å². The molecule has 0 bridgehead atoms. The van der Waals surface area contributed by atoms with Crippen LogP contribution in [0.4, 0.5) is 0 Å². The Labute approximate surface area is 118 Å². The van der Waals surface area contributed by atoms with Gasteiger partial charge in [-0.25, -0.2) is 13.1 Å². The van der Waals surface area contributed by atoms with Crippen molar-refractivity contribution in [2.24, 2.45) is 5.92 Å². The minimum absolute atomic E-state index is 0.259. The highest BCUT2D eigenvalue weighted by atomic mass is 32.2. The first kappa shape index (κ1) is 16.1. The third kappa shape index (κ3) is 4.33. The van der Waals surface area contributed by atoms with Gasteiger partial charge in [-0.1, -0.05) is 32.0 Å². The lowest BCUT2D eigenvalue weighted by atomic mass is 10.1. The van der Waals surface area contributed by atoms with E-state index in [-0.39, 0.29) is 11.5 Å². The summed E-state index contributed by atoms with van der Waals surface area (Å²) < 4.78 is 26.2. The van der Waals surface area contributed by atoms with Crippen molar-refractivity contribution in [2.75, 3.05) is 0 Å². The molecule has 2 N–H and O–H groups in total. The van der Waals surface area contributed by atoms with Gasteiger partial charge in [0, 0.05) is 0 Å². The summed E-state index contributed by atoms with van der Waals surface area (Å²) in [4.78, 5) is 11.0. The van der Waals surface area contributed by atoms with Gasteiger partial charge in [0.25, 0.3) is 0 Å². The second-order valence-corrected chi connectivity index (χ2v) is 6.46. The van der Waals surface area contributed by atoms with Crippen molar-refractivity contribution in [3.63, 3.8) is 0 Å². The molecule has 0 saturated carbocycles. The number of nitrogens with one attached hydrogen (secondary N) is 1. The first-order chi connectivity index (χ1) is 9.26. The van der Waals surface area contributed by atoms with E-state index < -0.39 is 27.8 Å². The number of sulfonamides is 1. The molecule has 108 valence electrons. The highest BCUT2D eigenvalue weighted by Gasteiger charge is 2.27. The van der Waals surface area contributed by atoms with Gasteiger partial charge in [-0.3, -0.25) is 4.79 Å². The Morgan fingerprint density at radius 2 is 2.00 bits per heavy atom. The Balaban J connectivity index is 2.96. The minimum Gasteiger partial charge on any atom is -0.480 e. The predicted octanol–water partition coefficient (Wildman–Crippen LogP) is 1.09. The molecule has 0 heterocycles. The fraction of sp³-hybridized carbons (Fsp3) is 0.385. The molecule has 0 saturated heterocycles. The van der Waals surface area contributed by atoms with Crippen LogP contribution in [0.15, 0.2) is 24.3 Å². The SMILES string of the molecule is CC(C)C(NS(=O)(=O)Cc1ccccc1C#N)C(=O)O. The minimum atomic E-state index is -3.84. The molecule has 0 spiro atoms. The topological polar surface area (TPSA) is 107 Å². The molecule has 0 fully saturated rings. The molecule has 7 heteroatoms. The van der Waals surface area contributed by atoms with Gasteiger partial charge in [0.05, 0.1) is 17.4 Å². The molecule has 1 aromatic rings. The molecule has 20 heavy (non-hydrogen) atoms. The van der Waals surface area contributed by atoms with Gasteiger partial charge in [0.2, 0.25) is 10.0 Å². The first-order valence-corrected chi connectivity index (χ1v) is 7.63. The van der Waals surface area contributed by atoms with Crippen molar-refractivity contribution in [2.45, 2.75) is 25.6 Å². The van der Waals surface area contributed by atoms with E-state index in [1.807, 2.05) is 6.07 Å². The number of aliphatic carboxylic acids is 1. The normalized spacial score (nSPS) is 12.9. The Bertz CT molecular complexity index is 632. The van der Waals surface area contributed by atoms with Gasteiger partial charge in [-0.15, -0.1) is 0 Å². The summed E-state index contributed by atoms with van der Waals surface area (Å²) in [7, 11) is -3.84. The van der Waals surface area contributed by atoms with Gasteiger partial charge in [-0.05, 0) is 17.5 Å². The standard InChI is InChI=1S/C13H16N2O4S/c1-9(2)12(13(16)17)15-20(18,19)8-11-6-4-3-5-10(11)7-14/h3-6,9,12,15H,8H2,1-2H3,(H,16,17). The van der Waals surface area contributed by atoms with Crippen LogP contribution in [0.2, 0.25) is 0 Å². The van der Waals surface area contributed by atoms with E-state index in [0.29, 0.717) is 5.56 Å². The summed E-state index contributed by atoms with van der Waals surface area (Å²) in [6.07, 6.45) is 0. The third-order valence-electron chi connectivity index (χ3n) is 2.72. The number of hydrogen-bond acceptors (Lipinski definition) is 4. The number of rotatable bonds is 6. The van der Waals surface area contributed by atoms with E-state index in [9.17, 15) is 13.2 Å². The second kappa shape index (κ2) is 6.50. The maximum atomic E-state index is 12.0. The van der Waals surface area contributed by atoms with Gasteiger partial charge < -0.3 is 5.11 Å². The van der Waals surface area contributed by atoms with Crippen molar-refractivity contribution in [3.05, 3.63) is 35.4 Å². The number of benzene rings is 1. The van der Waals surface area contributed by atoms with Gasteiger partial charge in [0.1, 0.15) is 6.04 Å². The molecule has 0 amide bonds. The number of carboxylic acids is 1. The van der Waals surface area contributed by atoms with Crippen molar-refractivity contribution in [3.8, 4) is 6.07 Å². The highest BCUT2D eigenvalue weighted by Crippen LogP contribution is 2.12. The average Bonchev–Trinajstić information content (AvgIpc) is 2.35. The van der Waals surface area contributed by atoms with Crippen LogP contribution in [-0.2, 0) is 20.6 Å². The quantitative estimate of drug-likeness (QED) is 0.817. The van der Waals surface area contributed by atoms with Gasteiger partial charge in [-0.2, -0.15) is 5.26 Å². The molecule has 0 aromatic heterocycles. The summed E-state index contributed by atoms with van der Waals surface area (Å²) in [6, 6.07) is 7.03. The van der Waals surface area contributed by atoms with Gasteiger partial charge in [0.15, 0.2) is 0 Å². The van der Waals surface area contributed by atoms with E-state index in [4.69, 9.17) is 10.4 Å². The number of carboxylic acid groups (broad SMARTS) is 1. The monoisotopic (exact) mass is 296 g/mol. The van der Waals surface area contributed by atoms with Crippen LogP contribution in [0.1, 0.15) is 25.0 Å². The van der Waals surface area contributed by atoms with E-state index in [0.717, 1.165) is 0 Å². The van der Waals surface area contributed by atoms with Crippen LogP contribution in [0.25, 0.3) is 0 Å². The molecule has 1 rings (SSSR count). The van der Waals surface area contributed by atoms with E-state index >= 15 is 0 Å². The van der Waals surface area contributed by atoms with Crippen LogP contribution in [0.3, 0.4) is 0 Å². The molecule has 0 aliphatic rings. The molecule has 1 unspecified atom stereocenters. The zero-order valence-corrected chi connectivity index (χ0v) is 12.0.